The number of anilines is 2. The van der Waals surface area contributed by atoms with E-state index in [0.29, 0.717) is 29.3 Å². The number of nitrogen functional groups attached to an aromatic ring is 1. The molecule has 0 spiro atoms. The van der Waals surface area contributed by atoms with Gasteiger partial charge in [0.15, 0.2) is 0 Å². The number of ether oxygens (including phenoxy) is 1. The van der Waals surface area contributed by atoms with Gasteiger partial charge in [-0.05, 0) is 61.4 Å². The number of rotatable bonds is 8. The predicted molar refractivity (Wildman–Crippen MR) is 128 cm³/mol. The number of aliphatic hydroxyl groups is 1. The van der Waals surface area contributed by atoms with Crippen LogP contribution in [0.15, 0.2) is 70.9 Å². The van der Waals surface area contributed by atoms with Gasteiger partial charge < -0.3 is 26.2 Å². The van der Waals surface area contributed by atoms with Crippen molar-refractivity contribution in [1.82, 2.24) is 5.32 Å². The zero-order valence-corrected chi connectivity index (χ0v) is 19.3. The molecule has 32 heavy (non-hydrogen) atoms. The van der Waals surface area contributed by atoms with Crippen LogP contribution < -0.4 is 21.1 Å². The van der Waals surface area contributed by atoms with Crippen molar-refractivity contribution in [1.29, 1.82) is 0 Å². The molecule has 0 heterocycles. The normalized spacial score (nSPS) is 16.4. The van der Waals surface area contributed by atoms with E-state index in [2.05, 4.69) is 26.6 Å². The van der Waals surface area contributed by atoms with E-state index < -0.39 is 0 Å². The van der Waals surface area contributed by atoms with E-state index in [1.807, 2.05) is 37.3 Å². The summed E-state index contributed by atoms with van der Waals surface area (Å²) in [6, 6.07) is 13.8. The number of carbonyl (C=O) groups excluding carboxylic acids is 2. The third-order valence-electron chi connectivity index (χ3n) is 5.03. The fraction of sp³-hybridized carbons (Fsp3) is 0.250. The number of hydrogen-bond acceptors (Lipinski definition) is 5. The maximum atomic E-state index is 12.3. The maximum Gasteiger partial charge on any atom is 0.233 e. The molecular formula is C24H26BrN3O4. The van der Waals surface area contributed by atoms with Crippen LogP contribution in [-0.2, 0) is 16.2 Å². The monoisotopic (exact) mass is 499 g/mol. The van der Waals surface area contributed by atoms with Gasteiger partial charge in [-0.25, -0.2) is 0 Å². The van der Waals surface area contributed by atoms with E-state index in [9.17, 15) is 14.7 Å². The molecule has 0 radical (unpaired) electrons. The molecule has 8 heteroatoms. The third kappa shape index (κ3) is 6.70. The minimum absolute atomic E-state index is 0.0459. The van der Waals surface area contributed by atoms with Crippen molar-refractivity contribution < 1.29 is 19.4 Å². The van der Waals surface area contributed by atoms with Crippen molar-refractivity contribution in [2.75, 3.05) is 11.1 Å². The molecule has 2 aromatic rings. The van der Waals surface area contributed by atoms with E-state index in [-0.39, 0.29) is 36.8 Å². The first kappa shape index (κ1) is 23.6. The number of allylic oxidation sites excluding steroid dienone is 2. The van der Waals surface area contributed by atoms with Crippen LogP contribution in [0.3, 0.4) is 0 Å². The molecule has 0 aromatic heterocycles. The average molecular weight is 500 g/mol. The summed E-state index contributed by atoms with van der Waals surface area (Å²) in [5, 5.41) is 14.8. The number of nitrogens with one attached hydrogen (secondary N) is 2. The lowest BCUT2D eigenvalue weighted by atomic mass is 9.93. The van der Waals surface area contributed by atoms with Crippen LogP contribution >= 0.6 is 15.9 Å². The highest BCUT2D eigenvalue weighted by molar-refractivity contribution is 9.11. The average Bonchev–Trinajstić information content (AvgIpc) is 2.76. The highest BCUT2D eigenvalue weighted by Crippen LogP contribution is 2.31. The molecule has 2 amide bonds. The molecule has 0 saturated carbocycles. The SMILES string of the molecule is CC(NC(=O)CC(=O)Nc1ccc(N)cc1)C1C=CC(Oc2cccc(CO)c2)=C(Br)C1. The number of halogens is 1. The summed E-state index contributed by atoms with van der Waals surface area (Å²) in [6.07, 6.45) is 4.22. The summed E-state index contributed by atoms with van der Waals surface area (Å²) >= 11 is 3.57. The fourth-order valence-electron chi connectivity index (χ4n) is 3.27. The summed E-state index contributed by atoms with van der Waals surface area (Å²) in [5.74, 6) is 0.629. The summed E-state index contributed by atoms with van der Waals surface area (Å²) < 4.78 is 6.80. The fourth-order valence-corrected chi connectivity index (χ4v) is 3.86. The lowest BCUT2D eigenvalue weighted by Gasteiger charge is -2.25. The largest absolute Gasteiger partial charge is 0.457 e. The van der Waals surface area contributed by atoms with Gasteiger partial charge in [0.2, 0.25) is 11.8 Å². The second-order valence-electron chi connectivity index (χ2n) is 7.61. The Kier molecular flexibility index (Phi) is 8.08. The van der Waals surface area contributed by atoms with Gasteiger partial charge in [-0.15, -0.1) is 0 Å². The number of aliphatic hydroxyl groups excluding tert-OH is 1. The van der Waals surface area contributed by atoms with Crippen LogP contribution in [0.5, 0.6) is 5.75 Å². The van der Waals surface area contributed by atoms with Crippen molar-refractivity contribution in [2.24, 2.45) is 5.92 Å². The van der Waals surface area contributed by atoms with Gasteiger partial charge >= 0.3 is 0 Å². The minimum Gasteiger partial charge on any atom is -0.457 e. The van der Waals surface area contributed by atoms with E-state index >= 15 is 0 Å². The molecular weight excluding hydrogens is 474 g/mol. The molecule has 1 aliphatic carbocycles. The second-order valence-corrected chi connectivity index (χ2v) is 8.56. The Morgan fingerprint density at radius 3 is 2.66 bits per heavy atom. The zero-order valence-electron chi connectivity index (χ0n) is 17.7. The minimum atomic E-state index is -0.388. The van der Waals surface area contributed by atoms with E-state index in [1.54, 1.807) is 30.3 Å². The summed E-state index contributed by atoms with van der Waals surface area (Å²) in [5.41, 5.74) is 7.59. The van der Waals surface area contributed by atoms with Crippen molar-refractivity contribution in [3.8, 4) is 5.75 Å². The van der Waals surface area contributed by atoms with Crippen molar-refractivity contribution in [3.63, 3.8) is 0 Å². The van der Waals surface area contributed by atoms with Crippen molar-refractivity contribution >= 4 is 39.1 Å². The highest BCUT2D eigenvalue weighted by Gasteiger charge is 2.23. The molecule has 168 valence electrons. The van der Waals surface area contributed by atoms with Crippen LogP contribution in [0, 0.1) is 5.92 Å². The second kappa shape index (κ2) is 11.0. The smallest absolute Gasteiger partial charge is 0.233 e. The molecule has 1 aliphatic rings. The first-order valence-electron chi connectivity index (χ1n) is 10.2. The zero-order chi connectivity index (χ0) is 23.1. The van der Waals surface area contributed by atoms with E-state index in [4.69, 9.17) is 10.5 Å². The molecule has 3 rings (SSSR count). The number of hydrogen-bond donors (Lipinski definition) is 4. The number of amides is 2. The Morgan fingerprint density at radius 2 is 1.97 bits per heavy atom. The summed E-state index contributed by atoms with van der Waals surface area (Å²) in [7, 11) is 0. The Labute approximate surface area is 195 Å². The molecule has 2 aromatic carbocycles. The quantitative estimate of drug-likeness (QED) is 0.325. The van der Waals surface area contributed by atoms with Gasteiger partial charge in [0.25, 0.3) is 0 Å². The Hall–Kier alpha value is -3.10. The van der Waals surface area contributed by atoms with Crippen molar-refractivity contribution in [2.45, 2.75) is 32.4 Å². The predicted octanol–water partition coefficient (Wildman–Crippen LogP) is 3.86. The van der Waals surface area contributed by atoms with Gasteiger partial charge in [-0.3, -0.25) is 9.59 Å². The third-order valence-corrected chi connectivity index (χ3v) is 5.75. The molecule has 0 fully saturated rings. The van der Waals surface area contributed by atoms with Crippen LogP contribution in [-0.4, -0.2) is 23.0 Å². The molecule has 2 unspecified atom stereocenters. The Bertz CT molecular complexity index is 1030. The number of nitrogens with two attached hydrogens (primary N) is 1. The Morgan fingerprint density at radius 1 is 1.22 bits per heavy atom. The lowest BCUT2D eigenvalue weighted by molar-refractivity contribution is -0.127. The molecule has 7 nitrogen and oxygen atoms in total. The maximum absolute atomic E-state index is 12.3. The van der Waals surface area contributed by atoms with Crippen LogP contribution in [0.25, 0.3) is 0 Å². The highest BCUT2D eigenvalue weighted by atomic mass is 79.9. The Balaban J connectivity index is 1.50. The van der Waals surface area contributed by atoms with Gasteiger partial charge in [-0.1, -0.05) is 34.1 Å². The molecule has 5 N–H and O–H groups in total. The van der Waals surface area contributed by atoms with Gasteiger partial charge in [0.05, 0.1) is 6.61 Å². The standard InChI is InChI=1S/C24H26BrN3O4/c1-15(27-23(30)13-24(31)28-19-8-6-18(26)7-9-19)17-5-10-22(21(25)12-17)32-20-4-2-3-16(11-20)14-29/h2-11,15,17,29H,12-14,26H2,1H3,(H,27,30)(H,28,31). The van der Waals surface area contributed by atoms with Gasteiger partial charge in [-0.2, -0.15) is 0 Å². The van der Waals surface area contributed by atoms with E-state index in [1.165, 1.54) is 0 Å². The summed E-state index contributed by atoms with van der Waals surface area (Å²) in [6.45, 7) is 1.85. The molecule has 0 aliphatic heterocycles. The van der Waals surface area contributed by atoms with Gasteiger partial charge in [0.1, 0.15) is 17.9 Å². The first-order valence-corrected chi connectivity index (χ1v) is 11.0. The van der Waals surface area contributed by atoms with Crippen LogP contribution in [0.4, 0.5) is 11.4 Å². The molecule has 0 bridgehead atoms. The molecule has 0 saturated heterocycles. The van der Waals surface area contributed by atoms with E-state index in [0.717, 1.165) is 10.0 Å². The van der Waals surface area contributed by atoms with Crippen LogP contribution in [0.1, 0.15) is 25.3 Å². The first-order chi connectivity index (χ1) is 15.3. The number of benzene rings is 2. The lowest BCUT2D eigenvalue weighted by Crippen LogP contribution is -2.39. The molecule has 2 atom stereocenters. The van der Waals surface area contributed by atoms with Crippen LogP contribution in [0.2, 0.25) is 0 Å². The van der Waals surface area contributed by atoms with Gasteiger partial charge in [0, 0.05) is 27.8 Å². The van der Waals surface area contributed by atoms with Crippen molar-refractivity contribution in [3.05, 3.63) is 76.5 Å². The number of carbonyl (C=O) groups is 2. The topological polar surface area (TPSA) is 114 Å². The summed E-state index contributed by atoms with van der Waals surface area (Å²) in [4.78, 5) is 24.4.